The van der Waals surface area contributed by atoms with Crippen LogP contribution < -0.4 is 5.32 Å². The highest BCUT2D eigenvalue weighted by molar-refractivity contribution is 5.10. The van der Waals surface area contributed by atoms with E-state index in [0.717, 1.165) is 12.5 Å². The first-order chi connectivity index (χ1) is 7.13. The Morgan fingerprint density at radius 3 is 2.60 bits per heavy atom. The first-order valence-electron chi connectivity index (χ1n) is 5.85. The summed E-state index contributed by atoms with van der Waals surface area (Å²) in [5, 5.41) is 7.74. The van der Waals surface area contributed by atoms with Crippen LogP contribution in [0.1, 0.15) is 45.2 Å². The highest BCUT2D eigenvalue weighted by atomic mass is 15.2. The largest absolute Gasteiger partial charge is 0.310 e. The number of aryl methyl sites for hydroxylation is 1. The molecule has 1 aromatic heterocycles. The van der Waals surface area contributed by atoms with Crippen LogP contribution in [-0.2, 0) is 7.05 Å². The van der Waals surface area contributed by atoms with Crippen molar-refractivity contribution in [2.75, 3.05) is 6.54 Å². The Labute approximate surface area is 92.9 Å². The molecule has 1 N–H and O–H groups in total. The van der Waals surface area contributed by atoms with Crippen LogP contribution in [0.5, 0.6) is 0 Å². The van der Waals surface area contributed by atoms with Crippen LogP contribution in [0.3, 0.4) is 0 Å². The molecule has 0 aliphatic rings. The number of aromatic nitrogens is 2. The van der Waals surface area contributed by atoms with Gasteiger partial charge in [-0.3, -0.25) is 4.68 Å². The van der Waals surface area contributed by atoms with Crippen molar-refractivity contribution in [2.24, 2.45) is 13.0 Å². The van der Waals surface area contributed by atoms with E-state index in [9.17, 15) is 0 Å². The van der Waals surface area contributed by atoms with Crippen LogP contribution >= 0.6 is 0 Å². The molecule has 1 aromatic rings. The lowest BCUT2D eigenvalue weighted by molar-refractivity contribution is 0.448. The summed E-state index contributed by atoms with van der Waals surface area (Å²) < 4.78 is 1.87. The summed E-state index contributed by atoms with van der Waals surface area (Å²) in [4.78, 5) is 0. The Morgan fingerprint density at radius 1 is 1.40 bits per heavy atom. The fourth-order valence-corrected chi connectivity index (χ4v) is 1.75. The van der Waals surface area contributed by atoms with Crippen LogP contribution in [0.25, 0.3) is 0 Å². The standard InChI is InChI=1S/C12H23N3/c1-5-13-12(7-6-10(2)3)11-8-14-15(4)9-11/h8-10,12-13H,5-7H2,1-4H3. The van der Waals surface area contributed by atoms with Gasteiger partial charge in [0.25, 0.3) is 0 Å². The molecule has 0 aliphatic carbocycles. The van der Waals surface area contributed by atoms with Gasteiger partial charge in [-0.2, -0.15) is 5.10 Å². The summed E-state index contributed by atoms with van der Waals surface area (Å²) >= 11 is 0. The Bertz CT molecular complexity index is 278. The number of hydrogen-bond acceptors (Lipinski definition) is 2. The molecule has 0 aliphatic heterocycles. The maximum Gasteiger partial charge on any atom is 0.0537 e. The molecule has 0 saturated carbocycles. The van der Waals surface area contributed by atoms with Crippen molar-refractivity contribution >= 4 is 0 Å². The number of nitrogens with zero attached hydrogens (tertiary/aromatic N) is 2. The van der Waals surface area contributed by atoms with Crippen LogP contribution in [-0.4, -0.2) is 16.3 Å². The Hall–Kier alpha value is -0.830. The molecule has 0 radical (unpaired) electrons. The molecule has 1 rings (SSSR count). The van der Waals surface area contributed by atoms with Crippen LogP contribution in [0.15, 0.2) is 12.4 Å². The van der Waals surface area contributed by atoms with E-state index in [0.29, 0.717) is 6.04 Å². The van der Waals surface area contributed by atoms with Gasteiger partial charge < -0.3 is 5.32 Å². The van der Waals surface area contributed by atoms with Crippen molar-refractivity contribution < 1.29 is 0 Å². The van der Waals surface area contributed by atoms with Gasteiger partial charge in [-0.1, -0.05) is 20.8 Å². The summed E-state index contributed by atoms with van der Waals surface area (Å²) in [6.07, 6.45) is 6.52. The first-order valence-corrected chi connectivity index (χ1v) is 5.85. The van der Waals surface area contributed by atoms with Crippen molar-refractivity contribution in [2.45, 2.75) is 39.7 Å². The Kier molecular flexibility index (Phi) is 4.82. The highest BCUT2D eigenvalue weighted by Gasteiger charge is 2.12. The van der Waals surface area contributed by atoms with Gasteiger partial charge in [0.15, 0.2) is 0 Å². The second-order valence-electron chi connectivity index (χ2n) is 4.53. The molecule has 1 atom stereocenters. The van der Waals surface area contributed by atoms with Crippen LogP contribution in [0.2, 0.25) is 0 Å². The van der Waals surface area contributed by atoms with E-state index in [-0.39, 0.29) is 0 Å². The van der Waals surface area contributed by atoms with E-state index >= 15 is 0 Å². The minimum atomic E-state index is 0.464. The van der Waals surface area contributed by atoms with Crippen molar-refractivity contribution in [1.82, 2.24) is 15.1 Å². The van der Waals surface area contributed by atoms with E-state index in [2.05, 4.69) is 37.4 Å². The molecule has 0 aromatic carbocycles. The molecular formula is C12H23N3. The maximum absolute atomic E-state index is 4.22. The predicted molar refractivity (Wildman–Crippen MR) is 63.7 cm³/mol. The third kappa shape index (κ3) is 4.04. The van der Waals surface area contributed by atoms with Crippen LogP contribution in [0, 0.1) is 5.92 Å². The fraction of sp³-hybridized carbons (Fsp3) is 0.750. The summed E-state index contributed by atoms with van der Waals surface area (Å²) in [6, 6.07) is 0.464. The Balaban J connectivity index is 2.57. The topological polar surface area (TPSA) is 29.9 Å². The van der Waals surface area contributed by atoms with Crippen molar-refractivity contribution in [3.8, 4) is 0 Å². The molecule has 0 amide bonds. The molecule has 1 heterocycles. The molecule has 0 saturated heterocycles. The van der Waals surface area contributed by atoms with Crippen molar-refractivity contribution in [3.63, 3.8) is 0 Å². The minimum Gasteiger partial charge on any atom is -0.310 e. The molecule has 86 valence electrons. The minimum absolute atomic E-state index is 0.464. The Morgan fingerprint density at radius 2 is 2.13 bits per heavy atom. The molecule has 1 unspecified atom stereocenters. The molecule has 3 nitrogen and oxygen atoms in total. The van der Waals surface area contributed by atoms with Gasteiger partial charge >= 0.3 is 0 Å². The number of rotatable bonds is 6. The summed E-state index contributed by atoms with van der Waals surface area (Å²) in [5.74, 6) is 0.767. The second-order valence-corrected chi connectivity index (χ2v) is 4.53. The third-order valence-electron chi connectivity index (χ3n) is 2.61. The molecule has 0 fully saturated rings. The lowest BCUT2D eigenvalue weighted by Crippen LogP contribution is -2.21. The van der Waals surface area contributed by atoms with Crippen molar-refractivity contribution in [3.05, 3.63) is 18.0 Å². The van der Waals surface area contributed by atoms with E-state index in [1.165, 1.54) is 18.4 Å². The zero-order chi connectivity index (χ0) is 11.3. The van der Waals surface area contributed by atoms with Gasteiger partial charge in [0.05, 0.1) is 6.20 Å². The molecular weight excluding hydrogens is 186 g/mol. The second kappa shape index (κ2) is 5.91. The molecule has 0 bridgehead atoms. The average Bonchev–Trinajstić information content (AvgIpc) is 2.59. The normalized spacial score (nSPS) is 13.4. The van der Waals surface area contributed by atoms with Crippen molar-refractivity contribution in [1.29, 1.82) is 0 Å². The average molecular weight is 209 g/mol. The lowest BCUT2D eigenvalue weighted by atomic mass is 10.00. The summed E-state index contributed by atoms with van der Waals surface area (Å²) in [6.45, 7) is 7.70. The molecule has 3 heteroatoms. The third-order valence-corrected chi connectivity index (χ3v) is 2.61. The van der Waals surface area contributed by atoms with Crippen LogP contribution in [0.4, 0.5) is 0 Å². The molecule has 0 spiro atoms. The number of nitrogens with one attached hydrogen (secondary N) is 1. The lowest BCUT2D eigenvalue weighted by Gasteiger charge is -2.17. The van der Waals surface area contributed by atoms with Gasteiger partial charge in [-0.05, 0) is 25.3 Å². The predicted octanol–water partition coefficient (Wildman–Crippen LogP) is 2.51. The number of hydrogen-bond donors (Lipinski definition) is 1. The highest BCUT2D eigenvalue weighted by Crippen LogP contribution is 2.20. The van der Waals surface area contributed by atoms with E-state index in [1.54, 1.807) is 0 Å². The first kappa shape index (κ1) is 12.2. The summed E-state index contributed by atoms with van der Waals surface area (Å²) in [5.41, 5.74) is 1.31. The van der Waals surface area contributed by atoms with Gasteiger partial charge in [0.1, 0.15) is 0 Å². The van der Waals surface area contributed by atoms with E-state index < -0.39 is 0 Å². The zero-order valence-electron chi connectivity index (χ0n) is 10.3. The SMILES string of the molecule is CCNC(CCC(C)C)c1cnn(C)c1. The van der Waals surface area contributed by atoms with Gasteiger partial charge in [0, 0.05) is 24.8 Å². The van der Waals surface area contributed by atoms with Gasteiger partial charge in [0.2, 0.25) is 0 Å². The monoisotopic (exact) mass is 209 g/mol. The van der Waals surface area contributed by atoms with E-state index in [1.807, 2.05) is 17.9 Å². The van der Waals surface area contributed by atoms with Gasteiger partial charge in [-0.25, -0.2) is 0 Å². The quantitative estimate of drug-likeness (QED) is 0.780. The fourth-order valence-electron chi connectivity index (χ4n) is 1.75. The zero-order valence-corrected chi connectivity index (χ0v) is 10.3. The smallest absolute Gasteiger partial charge is 0.0537 e. The summed E-state index contributed by atoms with van der Waals surface area (Å²) in [7, 11) is 1.97. The molecule has 15 heavy (non-hydrogen) atoms. The maximum atomic E-state index is 4.22. The van der Waals surface area contributed by atoms with Gasteiger partial charge in [-0.15, -0.1) is 0 Å². The van der Waals surface area contributed by atoms with E-state index in [4.69, 9.17) is 0 Å².